The largest absolute Gasteiger partial charge is 0.479 e. The van der Waals surface area contributed by atoms with Gasteiger partial charge in [0.05, 0.1) is 0 Å². The maximum absolute atomic E-state index is 11.5. The highest BCUT2D eigenvalue weighted by atomic mass is 31.1. The number of rotatable bonds is 5. The second-order valence-electron chi connectivity index (χ2n) is 5.49. The molecule has 0 saturated heterocycles. The molecule has 0 radical (unpaired) electrons. The van der Waals surface area contributed by atoms with Gasteiger partial charge >= 0.3 is 5.97 Å². The number of carboxylic acid groups (broad SMARTS) is 1. The van der Waals surface area contributed by atoms with Crippen LogP contribution in [0.5, 0.6) is 0 Å². The highest BCUT2D eigenvalue weighted by molar-refractivity contribution is 7.48. The van der Waals surface area contributed by atoms with Gasteiger partial charge < -0.3 is 21.1 Å². The van der Waals surface area contributed by atoms with Gasteiger partial charge in [0.1, 0.15) is 0 Å². The number of nitrogens with zero attached hydrogens (tertiary/aromatic N) is 3. The predicted molar refractivity (Wildman–Crippen MR) is 107 cm³/mol. The van der Waals surface area contributed by atoms with Gasteiger partial charge in [-0.3, -0.25) is 4.57 Å². The summed E-state index contributed by atoms with van der Waals surface area (Å²) in [6.07, 6.45) is -1.04. The molecule has 0 fully saturated rings. The van der Waals surface area contributed by atoms with Crippen molar-refractivity contribution in [2.75, 3.05) is 11.5 Å². The molecular formula is C18H20N5O4P. The van der Waals surface area contributed by atoms with E-state index in [0.29, 0.717) is 11.1 Å². The number of benzene rings is 2. The number of hydrogen-bond donors (Lipinski definition) is 3. The van der Waals surface area contributed by atoms with Crippen molar-refractivity contribution in [3.8, 4) is 11.4 Å². The summed E-state index contributed by atoms with van der Waals surface area (Å²) in [6.45, 7) is 1.36. The van der Waals surface area contributed by atoms with Crippen LogP contribution in [0.3, 0.4) is 0 Å². The molecule has 28 heavy (non-hydrogen) atoms. The first-order chi connectivity index (χ1) is 13.4. The van der Waals surface area contributed by atoms with E-state index in [1.54, 1.807) is 30.3 Å². The lowest BCUT2D eigenvalue weighted by atomic mass is 10.2. The Morgan fingerprint density at radius 3 is 1.96 bits per heavy atom. The van der Waals surface area contributed by atoms with Gasteiger partial charge in [-0.1, -0.05) is 48.5 Å². The van der Waals surface area contributed by atoms with Gasteiger partial charge in [-0.15, -0.1) is 0 Å². The third-order valence-electron chi connectivity index (χ3n) is 3.34. The lowest BCUT2D eigenvalue weighted by Gasteiger charge is -2.07. The number of anilines is 2. The maximum Gasteiger partial charge on any atom is 0.333 e. The Kier molecular flexibility index (Phi) is 7.62. The van der Waals surface area contributed by atoms with Gasteiger partial charge in [0.25, 0.3) is 0 Å². The third kappa shape index (κ3) is 6.46. The van der Waals surface area contributed by atoms with E-state index in [1.165, 1.54) is 6.92 Å². The topological polar surface area (TPSA) is 154 Å². The molecule has 3 aromatic rings. The molecule has 1 heterocycles. The summed E-state index contributed by atoms with van der Waals surface area (Å²) >= 11 is 0. The summed E-state index contributed by atoms with van der Waals surface area (Å²) < 4.78 is 16.3. The summed E-state index contributed by atoms with van der Waals surface area (Å²) in [6, 6.07) is 18.0. The highest BCUT2D eigenvalue weighted by Gasteiger charge is 2.15. The van der Waals surface area contributed by atoms with E-state index in [9.17, 15) is 9.36 Å². The Bertz CT molecular complexity index is 921. The zero-order chi connectivity index (χ0) is 20.5. The zero-order valence-corrected chi connectivity index (χ0v) is 16.0. The van der Waals surface area contributed by atoms with E-state index >= 15 is 0 Å². The second-order valence-corrected chi connectivity index (χ2v) is 6.88. The molecule has 0 saturated carbocycles. The summed E-state index contributed by atoms with van der Waals surface area (Å²) in [5.74, 6) is -0.345. The van der Waals surface area contributed by atoms with E-state index in [0.717, 1.165) is 5.56 Å². The molecule has 1 aromatic heterocycles. The minimum atomic E-state index is -2.44. The number of nitrogens with two attached hydrogens (primary N) is 2. The Labute approximate surface area is 162 Å². The van der Waals surface area contributed by atoms with Crippen LogP contribution >= 0.6 is 8.03 Å². The number of carbonyl (C=O) groups is 1. The molecule has 0 aliphatic carbocycles. The van der Waals surface area contributed by atoms with Crippen molar-refractivity contribution in [2.45, 2.75) is 13.0 Å². The minimum absolute atomic E-state index is 0.136. The fourth-order valence-electron chi connectivity index (χ4n) is 1.98. The zero-order valence-electron chi connectivity index (χ0n) is 15.0. The molecular weight excluding hydrogens is 381 g/mol. The number of aliphatic carboxylic acids is 1. The molecule has 3 rings (SSSR count). The van der Waals surface area contributed by atoms with E-state index in [-0.39, 0.29) is 11.9 Å². The average Bonchev–Trinajstić information content (AvgIpc) is 2.69. The first-order valence-electron chi connectivity index (χ1n) is 8.18. The Morgan fingerprint density at radius 1 is 0.964 bits per heavy atom. The highest BCUT2D eigenvalue weighted by Crippen LogP contribution is 2.23. The van der Waals surface area contributed by atoms with Crippen LogP contribution in [-0.4, -0.2) is 32.1 Å². The van der Waals surface area contributed by atoms with Crippen molar-refractivity contribution in [1.82, 2.24) is 15.0 Å². The van der Waals surface area contributed by atoms with Crippen LogP contribution in [0.25, 0.3) is 11.4 Å². The van der Waals surface area contributed by atoms with Crippen LogP contribution in [0.1, 0.15) is 6.92 Å². The van der Waals surface area contributed by atoms with Crippen molar-refractivity contribution < 1.29 is 19.0 Å². The van der Waals surface area contributed by atoms with E-state index in [4.69, 9.17) is 21.1 Å². The van der Waals surface area contributed by atoms with Crippen LogP contribution < -0.4 is 16.8 Å². The second kappa shape index (κ2) is 10.1. The molecule has 2 aromatic carbocycles. The van der Waals surface area contributed by atoms with Gasteiger partial charge in [-0.05, 0) is 19.1 Å². The van der Waals surface area contributed by atoms with Crippen molar-refractivity contribution in [3.05, 3.63) is 60.7 Å². The van der Waals surface area contributed by atoms with E-state index in [1.807, 2.05) is 30.3 Å². The molecule has 146 valence electrons. The summed E-state index contributed by atoms with van der Waals surface area (Å²) in [5.41, 5.74) is 11.8. The normalized spacial score (nSPS) is 12.3. The molecule has 0 amide bonds. The Hall–Kier alpha value is -3.29. The van der Waals surface area contributed by atoms with Crippen LogP contribution in [0, 0.1) is 0 Å². The number of carboxylic acids is 1. The molecule has 2 atom stereocenters. The van der Waals surface area contributed by atoms with Crippen LogP contribution in [0.4, 0.5) is 11.9 Å². The van der Waals surface area contributed by atoms with Crippen molar-refractivity contribution >= 4 is 31.2 Å². The van der Waals surface area contributed by atoms with Crippen molar-refractivity contribution in [3.63, 3.8) is 0 Å². The summed E-state index contributed by atoms with van der Waals surface area (Å²) in [5, 5.41) is 9.06. The Morgan fingerprint density at radius 2 is 1.46 bits per heavy atom. The van der Waals surface area contributed by atoms with Crippen LogP contribution in [-0.2, 0) is 13.9 Å². The average molecular weight is 401 g/mol. The lowest BCUT2D eigenvalue weighted by molar-refractivity contribution is -0.143. The summed E-state index contributed by atoms with van der Waals surface area (Å²) in [4.78, 5) is 22.1. The van der Waals surface area contributed by atoms with Crippen LogP contribution in [0.15, 0.2) is 60.7 Å². The molecule has 0 aliphatic rings. The monoisotopic (exact) mass is 401 g/mol. The number of aromatic nitrogens is 3. The van der Waals surface area contributed by atoms with Gasteiger partial charge in [0, 0.05) is 10.9 Å². The molecule has 0 bridgehead atoms. The fourth-order valence-corrected chi connectivity index (χ4v) is 3.00. The van der Waals surface area contributed by atoms with E-state index in [2.05, 4.69) is 15.0 Å². The van der Waals surface area contributed by atoms with E-state index < -0.39 is 20.1 Å². The summed E-state index contributed by atoms with van der Waals surface area (Å²) in [7, 11) is -2.44. The van der Waals surface area contributed by atoms with Gasteiger partial charge in [-0.25, -0.2) is 4.79 Å². The first-order valence-corrected chi connectivity index (χ1v) is 9.49. The maximum atomic E-state index is 11.5. The van der Waals surface area contributed by atoms with Gasteiger partial charge in [-0.2, -0.15) is 15.0 Å². The molecule has 0 aliphatic heterocycles. The SMILES string of the molecule is CC(O[PH](=O)c1ccccc1)C(=O)O.Nc1nc(N)nc(-c2ccccc2)n1. The van der Waals surface area contributed by atoms with Gasteiger partial charge in [0.2, 0.25) is 19.9 Å². The van der Waals surface area contributed by atoms with Gasteiger partial charge in [0.15, 0.2) is 11.9 Å². The lowest BCUT2D eigenvalue weighted by Crippen LogP contribution is -2.18. The van der Waals surface area contributed by atoms with Crippen LogP contribution in [0.2, 0.25) is 0 Å². The molecule has 2 unspecified atom stereocenters. The fraction of sp³-hybridized carbons (Fsp3) is 0.111. The number of nitrogen functional groups attached to an aromatic ring is 2. The minimum Gasteiger partial charge on any atom is -0.479 e. The third-order valence-corrected chi connectivity index (χ3v) is 4.72. The number of hydrogen-bond acceptors (Lipinski definition) is 8. The Balaban J connectivity index is 0.000000200. The van der Waals surface area contributed by atoms with Crippen molar-refractivity contribution in [1.29, 1.82) is 0 Å². The molecule has 5 N–H and O–H groups in total. The predicted octanol–water partition coefficient (Wildman–Crippen LogP) is 1.98. The first kappa shape index (κ1) is 21.0. The van der Waals surface area contributed by atoms with Crippen molar-refractivity contribution in [2.24, 2.45) is 0 Å². The smallest absolute Gasteiger partial charge is 0.333 e. The standard InChI is InChI=1S/C9H9N5.C9H11O4P/c10-8-12-7(13-9(11)14-8)6-4-2-1-3-5-6;1-7(9(10)11)13-14(12)8-5-3-2-4-6-8/h1-5H,(H4,10,11,12,13,14);2-7,14H,1H3,(H,10,11). The molecule has 0 spiro atoms. The quantitative estimate of drug-likeness (QED) is 0.544. The molecule has 9 nitrogen and oxygen atoms in total. The molecule has 10 heteroatoms.